The molecule has 120 valence electrons. The third-order valence-corrected chi connectivity index (χ3v) is 6.11. The van der Waals surface area contributed by atoms with Gasteiger partial charge in [0.25, 0.3) is 0 Å². The summed E-state index contributed by atoms with van der Waals surface area (Å²) in [5.74, 6) is 0.542. The Hall–Kier alpha value is -0.810. The molecule has 0 radical (unpaired) electrons. The number of sulfone groups is 1. The second-order valence-electron chi connectivity index (χ2n) is 5.92. The summed E-state index contributed by atoms with van der Waals surface area (Å²) in [5.41, 5.74) is 2.87. The van der Waals surface area contributed by atoms with Crippen LogP contribution in [0.2, 0.25) is 0 Å². The van der Waals surface area contributed by atoms with E-state index in [1.54, 1.807) is 6.92 Å². The maximum absolute atomic E-state index is 11.5. The fourth-order valence-corrected chi connectivity index (χ4v) is 3.97. The average Bonchev–Trinajstić information content (AvgIpc) is 2.76. The molecule has 0 saturated carbocycles. The van der Waals surface area contributed by atoms with E-state index in [0.29, 0.717) is 18.2 Å². The Morgan fingerprint density at radius 1 is 1.29 bits per heavy atom. The van der Waals surface area contributed by atoms with Gasteiger partial charge in [-0.3, -0.25) is 0 Å². The van der Waals surface area contributed by atoms with Crippen LogP contribution in [0.3, 0.4) is 0 Å². The van der Waals surface area contributed by atoms with E-state index in [4.69, 9.17) is 0 Å². The van der Waals surface area contributed by atoms with Gasteiger partial charge in [0.15, 0.2) is 0 Å². The van der Waals surface area contributed by atoms with Gasteiger partial charge in [0, 0.05) is 30.7 Å². The molecule has 0 fully saturated rings. The lowest BCUT2D eigenvalue weighted by molar-refractivity contribution is 0.501. The third kappa shape index (κ3) is 4.58. The highest BCUT2D eigenvalue weighted by Crippen LogP contribution is 2.29. The molecular weight excluding hydrogens is 284 g/mol. The first kappa shape index (κ1) is 16.6. The summed E-state index contributed by atoms with van der Waals surface area (Å²) in [4.78, 5) is 0. The van der Waals surface area contributed by atoms with Crippen LogP contribution in [-0.4, -0.2) is 31.0 Å². The molecular formula is C16H28N2O2S. The van der Waals surface area contributed by atoms with Crippen LogP contribution in [0.15, 0.2) is 12.4 Å². The van der Waals surface area contributed by atoms with Crippen molar-refractivity contribution in [2.45, 2.75) is 58.5 Å². The zero-order valence-electron chi connectivity index (χ0n) is 13.3. The first-order chi connectivity index (χ1) is 10.1. The highest BCUT2D eigenvalue weighted by atomic mass is 32.2. The number of aryl methyl sites for hydroxylation is 2. The standard InChI is InChI=1S/C16H28N2O2S/c1-3-17-16-9-6-5-8-14-12-18(13-15(14)16)10-7-11-21(19,20)4-2/h12-13,16-17H,3-11H2,1-2H3. The molecule has 0 saturated heterocycles. The van der Waals surface area contributed by atoms with Gasteiger partial charge in [-0.15, -0.1) is 0 Å². The summed E-state index contributed by atoms with van der Waals surface area (Å²) in [6.07, 6.45) is 10.0. The normalized spacial score (nSPS) is 19.2. The summed E-state index contributed by atoms with van der Waals surface area (Å²) in [7, 11) is -2.84. The van der Waals surface area contributed by atoms with Gasteiger partial charge in [0.2, 0.25) is 0 Å². The summed E-state index contributed by atoms with van der Waals surface area (Å²) in [5, 5.41) is 3.57. The van der Waals surface area contributed by atoms with Crippen molar-refractivity contribution in [1.82, 2.24) is 9.88 Å². The van der Waals surface area contributed by atoms with Gasteiger partial charge in [0.05, 0.1) is 5.75 Å². The lowest BCUT2D eigenvalue weighted by Crippen LogP contribution is -2.20. The molecule has 2 rings (SSSR count). The van der Waals surface area contributed by atoms with Crippen LogP contribution in [0, 0.1) is 0 Å². The van der Waals surface area contributed by atoms with Crippen molar-refractivity contribution in [2.75, 3.05) is 18.1 Å². The predicted molar refractivity (Wildman–Crippen MR) is 87.3 cm³/mol. The minimum Gasteiger partial charge on any atom is -0.354 e. The van der Waals surface area contributed by atoms with Crippen LogP contribution in [0.25, 0.3) is 0 Å². The Morgan fingerprint density at radius 3 is 2.81 bits per heavy atom. The van der Waals surface area contributed by atoms with E-state index < -0.39 is 9.84 Å². The van der Waals surface area contributed by atoms with Crippen molar-refractivity contribution in [3.05, 3.63) is 23.5 Å². The molecule has 1 heterocycles. The van der Waals surface area contributed by atoms with E-state index in [9.17, 15) is 8.42 Å². The van der Waals surface area contributed by atoms with Crippen molar-refractivity contribution in [2.24, 2.45) is 0 Å². The van der Waals surface area contributed by atoms with Crippen LogP contribution < -0.4 is 5.32 Å². The lowest BCUT2D eigenvalue weighted by Gasteiger charge is -2.15. The first-order valence-electron chi connectivity index (χ1n) is 8.18. The molecule has 1 aliphatic carbocycles. The SMILES string of the molecule is CCNC1CCCCc2cn(CCCS(=O)(=O)CC)cc21. The second-order valence-corrected chi connectivity index (χ2v) is 8.40. The molecule has 1 aliphatic rings. The number of fused-ring (bicyclic) bond motifs is 1. The topological polar surface area (TPSA) is 51.1 Å². The minimum atomic E-state index is -2.84. The molecule has 4 nitrogen and oxygen atoms in total. The molecule has 1 aromatic rings. The Balaban J connectivity index is 2.01. The molecule has 0 bridgehead atoms. The van der Waals surface area contributed by atoms with Gasteiger partial charge in [-0.2, -0.15) is 0 Å². The summed E-state index contributed by atoms with van der Waals surface area (Å²) >= 11 is 0. The average molecular weight is 312 g/mol. The molecule has 1 N–H and O–H groups in total. The Bertz CT molecular complexity index is 549. The van der Waals surface area contributed by atoms with Gasteiger partial charge < -0.3 is 9.88 Å². The Labute approximate surface area is 128 Å². The zero-order chi connectivity index (χ0) is 15.3. The van der Waals surface area contributed by atoms with Crippen LogP contribution >= 0.6 is 0 Å². The van der Waals surface area contributed by atoms with Crippen molar-refractivity contribution in [1.29, 1.82) is 0 Å². The number of hydrogen-bond acceptors (Lipinski definition) is 3. The highest BCUT2D eigenvalue weighted by Gasteiger charge is 2.19. The van der Waals surface area contributed by atoms with Gasteiger partial charge in [-0.05, 0) is 43.4 Å². The van der Waals surface area contributed by atoms with Crippen molar-refractivity contribution in [3.8, 4) is 0 Å². The van der Waals surface area contributed by atoms with Crippen LogP contribution in [0.5, 0.6) is 0 Å². The minimum absolute atomic E-state index is 0.248. The van der Waals surface area contributed by atoms with Crippen molar-refractivity contribution < 1.29 is 8.42 Å². The molecule has 1 unspecified atom stereocenters. The largest absolute Gasteiger partial charge is 0.354 e. The highest BCUT2D eigenvalue weighted by molar-refractivity contribution is 7.91. The summed E-state index contributed by atoms with van der Waals surface area (Å²) in [6, 6.07) is 0.466. The van der Waals surface area contributed by atoms with E-state index in [1.807, 2.05) is 0 Å². The Kier molecular flexibility index (Phi) is 5.88. The summed E-state index contributed by atoms with van der Waals surface area (Å²) < 4.78 is 25.3. The van der Waals surface area contributed by atoms with Gasteiger partial charge in [-0.25, -0.2) is 8.42 Å². The fraction of sp³-hybridized carbons (Fsp3) is 0.750. The summed E-state index contributed by atoms with van der Waals surface area (Å²) in [6.45, 7) is 5.65. The number of hydrogen-bond donors (Lipinski definition) is 1. The van der Waals surface area contributed by atoms with Gasteiger partial charge >= 0.3 is 0 Å². The molecule has 0 aliphatic heterocycles. The molecule has 21 heavy (non-hydrogen) atoms. The number of nitrogens with zero attached hydrogens (tertiary/aromatic N) is 1. The molecule has 0 spiro atoms. The Morgan fingerprint density at radius 2 is 2.10 bits per heavy atom. The molecule has 0 aromatic carbocycles. The monoisotopic (exact) mass is 312 g/mol. The van der Waals surface area contributed by atoms with E-state index in [1.165, 1.54) is 30.4 Å². The maximum Gasteiger partial charge on any atom is 0.150 e. The third-order valence-electron chi connectivity index (χ3n) is 4.32. The van der Waals surface area contributed by atoms with E-state index in [2.05, 4.69) is 29.2 Å². The predicted octanol–water partition coefficient (Wildman–Crippen LogP) is 2.69. The molecule has 5 heteroatoms. The quantitative estimate of drug-likeness (QED) is 0.788. The maximum atomic E-state index is 11.5. The molecule has 1 aromatic heterocycles. The van der Waals surface area contributed by atoms with Gasteiger partial charge in [0.1, 0.15) is 9.84 Å². The van der Waals surface area contributed by atoms with E-state index >= 15 is 0 Å². The lowest BCUT2D eigenvalue weighted by atomic mass is 10.0. The molecule has 1 atom stereocenters. The van der Waals surface area contributed by atoms with Crippen molar-refractivity contribution in [3.63, 3.8) is 0 Å². The van der Waals surface area contributed by atoms with Gasteiger partial charge in [-0.1, -0.05) is 20.3 Å². The van der Waals surface area contributed by atoms with E-state index in [0.717, 1.165) is 19.5 Å². The van der Waals surface area contributed by atoms with Crippen molar-refractivity contribution >= 4 is 9.84 Å². The zero-order valence-corrected chi connectivity index (χ0v) is 14.1. The van der Waals surface area contributed by atoms with Crippen LogP contribution in [0.1, 0.15) is 56.7 Å². The smallest absolute Gasteiger partial charge is 0.150 e. The van der Waals surface area contributed by atoms with E-state index in [-0.39, 0.29) is 5.75 Å². The molecule has 0 amide bonds. The van der Waals surface area contributed by atoms with Crippen LogP contribution in [-0.2, 0) is 22.8 Å². The number of rotatable bonds is 7. The second kappa shape index (κ2) is 7.45. The van der Waals surface area contributed by atoms with Crippen LogP contribution in [0.4, 0.5) is 0 Å². The number of aromatic nitrogens is 1. The fourth-order valence-electron chi connectivity index (χ4n) is 3.11. The first-order valence-corrected chi connectivity index (χ1v) is 10.00. The number of nitrogens with one attached hydrogen (secondary N) is 1.